The van der Waals surface area contributed by atoms with Crippen LogP contribution < -0.4 is 10.5 Å². The number of nitrogen functional groups attached to an aromatic ring is 1. The van der Waals surface area contributed by atoms with Gasteiger partial charge in [-0.25, -0.2) is 0 Å². The Morgan fingerprint density at radius 1 is 1.22 bits per heavy atom. The summed E-state index contributed by atoms with van der Waals surface area (Å²) < 4.78 is 6.24. The molecule has 2 N–H and O–H groups in total. The molecule has 1 aromatic carbocycles. The molecule has 0 saturated heterocycles. The van der Waals surface area contributed by atoms with Crippen molar-refractivity contribution in [2.75, 3.05) is 19.8 Å². The number of nitrogens with zero attached hydrogens (tertiary/aromatic N) is 1. The fourth-order valence-corrected chi connectivity index (χ4v) is 3.83. The number of anilines is 1. The second-order valence-corrected chi connectivity index (χ2v) is 5.94. The Bertz CT molecular complexity index is 432. The lowest BCUT2D eigenvalue weighted by atomic mass is 9.91. The molecular formula is C15H22N2O. The number of fused-ring (bicyclic) bond motifs is 2. The maximum absolute atomic E-state index is 6.24. The zero-order valence-electron chi connectivity index (χ0n) is 11.2. The first-order valence-electron chi connectivity index (χ1n) is 6.84. The first-order valence-corrected chi connectivity index (χ1v) is 6.84. The van der Waals surface area contributed by atoms with Crippen molar-refractivity contribution >= 4 is 5.69 Å². The summed E-state index contributed by atoms with van der Waals surface area (Å²) in [4.78, 5) is 2.33. The molecule has 0 radical (unpaired) electrons. The van der Waals surface area contributed by atoms with E-state index in [0.29, 0.717) is 12.1 Å². The Morgan fingerprint density at radius 2 is 2.00 bits per heavy atom. The maximum atomic E-state index is 6.24. The van der Waals surface area contributed by atoms with E-state index in [-0.39, 0.29) is 0 Å². The van der Waals surface area contributed by atoms with Crippen molar-refractivity contribution in [2.24, 2.45) is 11.8 Å². The van der Waals surface area contributed by atoms with Gasteiger partial charge in [-0.3, -0.25) is 0 Å². The van der Waals surface area contributed by atoms with Crippen LogP contribution in [0.25, 0.3) is 0 Å². The van der Waals surface area contributed by atoms with Gasteiger partial charge >= 0.3 is 0 Å². The van der Waals surface area contributed by atoms with Crippen molar-refractivity contribution in [2.45, 2.75) is 31.4 Å². The van der Waals surface area contributed by atoms with E-state index in [1.807, 2.05) is 24.3 Å². The van der Waals surface area contributed by atoms with Gasteiger partial charge in [-0.2, -0.15) is 0 Å². The van der Waals surface area contributed by atoms with E-state index in [2.05, 4.69) is 19.0 Å². The standard InChI is InChI=1S/C15H22N2O/c1-17(2)14-10-6-7-11(8-10)15(14)18-13-5-3-4-12(16)9-13/h3-5,9-11,14-15H,6-8,16H2,1-2H3. The minimum absolute atomic E-state index is 0.334. The topological polar surface area (TPSA) is 38.5 Å². The number of ether oxygens (including phenoxy) is 1. The van der Waals surface area contributed by atoms with E-state index in [9.17, 15) is 0 Å². The highest BCUT2D eigenvalue weighted by atomic mass is 16.5. The molecular weight excluding hydrogens is 224 g/mol. The van der Waals surface area contributed by atoms with Crippen LogP contribution >= 0.6 is 0 Å². The van der Waals surface area contributed by atoms with Gasteiger partial charge in [0, 0.05) is 17.8 Å². The van der Waals surface area contributed by atoms with Gasteiger partial charge in [-0.1, -0.05) is 6.07 Å². The van der Waals surface area contributed by atoms with Crippen LogP contribution in [0.5, 0.6) is 5.75 Å². The molecule has 3 heteroatoms. The van der Waals surface area contributed by atoms with Crippen LogP contribution in [0.3, 0.4) is 0 Å². The number of hydrogen-bond donors (Lipinski definition) is 1. The third-order valence-electron chi connectivity index (χ3n) is 4.52. The average molecular weight is 246 g/mol. The molecule has 2 saturated carbocycles. The quantitative estimate of drug-likeness (QED) is 0.832. The Kier molecular flexibility index (Phi) is 2.94. The van der Waals surface area contributed by atoms with Crippen molar-refractivity contribution in [1.29, 1.82) is 0 Å². The van der Waals surface area contributed by atoms with Gasteiger partial charge in [-0.15, -0.1) is 0 Å². The second kappa shape index (κ2) is 4.47. The summed E-state index contributed by atoms with van der Waals surface area (Å²) in [5.41, 5.74) is 6.59. The van der Waals surface area contributed by atoms with Crippen LogP contribution in [-0.4, -0.2) is 31.1 Å². The largest absolute Gasteiger partial charge is 0.488 e. The first kappa shape index (κ1) is 11.8. The fraction of sp³-hybridized carbons (Fsp3) is 0.600. The summed E-state index contributed by atoms with van der Waals surface area (Å²) >= 11 is 0. The van der Waals surface area contributed by atoms with Crippen LogP contribution in [-0.2, 0) is 0 Å². The zero-order valence-corrected chi connectivity index (χ0v) is 11.2. The monoisotopic (exact) mass is 246 g/mol. The van der Waals surface area contributed by atoms with E-state index >= 15 is 0 Å². The highest BCUT2D eigenvalue weighted by Crippen LogP contribution is 2.47. The summed E-state index contributed by atoms with van der Waals surface area (Å²) in [5.74, 6) is 2.46. The molecule has 4 unspecified atom stereocenters. The Hall–Kier alpha value is -1.22. The second-order valence-electron chi connectivity index (χ2n) is 5.94. The Morgan fingerprint density at radius 3 is 2.72 bits per heavy atom. The predicted octanol–water partition coefficient (Wildman–Crippen LogP) is 2.38. The lowest BCUT2D eigenvalue weighted by Gasteiger charge is -2.35. The van der Waals surface area contributed by atoms with E-state index < -0.39 is 0 Å². The van der Waals surface area contributed by atoms with E-state index in [1.165, 1.54) is 19.3 Å². The number of nitrogens with two attached hydrogens (primary N) is 1. The lowest BCUT2D eigenvalue weighted by molar-refractivity contribution is 0.0538. The molecule has 3 nitrogen and oxygen atoms in total. The number of rotatable bonds is 3. The molecule has 1 aromatic rings. The predicted molar refractivity (Wildman–Crippen MR) is 73.6 cm³/mol. The zero-order chi connectivity index (χ0) is 12.7. The summed E-state index contributed by atoms with van der Waals surface area (Å²) in [6.45, 7) is 0. The normalized spacial score (nSPS) is 34.2. The van der Waals surface area contributed by atoms with E-state index in [1.54, 1.807) is 0 Å². The number of hydrogen-bond acceptors (Lipinski definition) is 3. The molecule has 2 aliphatic carbocycles. The van der Waals surface area contributed by atoms with Gasteiger partial charge in [-0.05, 0) is 57.3 Å². The van der Waals surface area contributed by atoms with Crippen molar-refractivity contribution in [1.82, 2.24) is 4.90 Å². The fourth-order valence-electron chi connectivity index (χ4n) is 3.83. The number of benzene rings is 1. The molecule has 0 heterocycles. The molecule has 98 valence electrons. The van der Waals surface area contributed by atoms with Crippen LogP contribution in [0.1, 0.15) is 19.3 Å². The minimum atomic E-state index is 0.334. The highest BCUT2D eigenvalue weighted by Gasteiger charge is 2.49. The van der Waals surface area contributed by atoms with Crippen molar-refractivity contribution < 1.29 is 4.74 Å². The van der Waals surface area contributed by atoms with Gasteiger partial charge in [0.1, 0.15) is 11.9 Å². The Labute approximate surface area is 109 Å². The van der Waals surface area contributed by atoms with Crippen LogP contribution in [0.15, 0.2) is 24.3 Å². The molecule has 2 bridgehead atoms. The summed E-state index contributed by atoms with van der Waals surface area (Å²) in [6, 6.07) is 8.36. The summed E-state index contributed by atoms with van der Waals surface area (Å²) in [7, 11) is 4.34. The van der Waals surface area contributed by atoms with Gasteiger partial charge in [0.05, 0.1) is 0 Å². The third-order valence-corrected chi connectivity index (χ3v) is 4.52. The molecule has 0 amide bonds. The lowest BCUT2D eigenvalue weighted by Crippen LogP contribution is -2.46. The average Bonchev–Trinajstić information content (AvgIpc) is 2.89. The highest BCUT2D eigenvalue weighted by molar-refractivity contribution is 5.43. The third kappa shape index (κ3) is 1.97. The molecule has 0 aliphatic heterocycles. The Balaban J connectivity index is 1.79. The van der Waals surface area contributed by atoms with Crippen LogP contribution in [0.4, 0.5) is 5.69 Å². The summed E-state index contributed by atoms with van der Waals surface area (Å²) in [5, 5.41) is 0. The summed E-state index contributed by atoms with van der Waals surface area (Å²) in [6.07, 6.45) is 4.35. The molecule has 18 heavy (non-hydrogen) atoms. The first-order chi connectivity index (χ1) is 8.65. The van der Waals surface area contributed by atoms with Crippen LogP contribution in [0.2, 0.25) is 0 Å². The molecule has 4 atom stereocenters. The van der Waals surface area contributed by atoms with Gasteiger partial charge in [0.25, 0.3) is 0 Å². The molecule has 3 rings (SSSR count). The molecule has 0 aromatic heterocycles. The molecule has 2 aliphatic rings. The smallest absolute Gasteiger partial charge is 0.121 e. The van der Waals surface area contributed by atoms with Gasteiger partial charge in [0.15, 0.2) is 0 Å². The van der Waals surface area contributed by atoms with Gasteiger partial charge in [0.2, 0.25) is 0 Å². The van der Waals surface area contributed by atoms with Crippen molar-refractivity contribution in [3.05, 3.63) is 24.3 Å². The molecule has 0 spiro atoms. The van der Waals surface area contributed by atoms with Gasteiger partial charge < -0.3 is 15.4 Å². The minimum Gasteiger partial charge on any atom is -0.488 e. The van der Waals surface area contributed by atoms with Crippen LogP contribution in [0, 0.1) is 11.8 Å². The van der Waals surface area contributed by atoms with Crippen molar-refractivity contribution in [3.8, 4) is 5.75 Å². The van der Waals surface area contributed by atoms with E-state index in [4.69, 9.17) is 10.5 Å². The van der Waals surface area contributed by atoms with Crippen molar-refractivity contribution in [3.63, 3.8) is 0 Å². The SMILES string of the molecule is CN(C)C1C2CCC(C2)C1Oc1cccc(N)c1. The number of likely N-dealkylation sites (N-methyl/N-ethyl adjacent to an activating group) is 1. The van der Waals surface area contributed by atoms with E-state index in [0.717, 1.165) is 23.3 Å². The molecule has 2 fully saturated rings. The maximum Gasteiger partial charge on any atom is 0.121 e.